The molecule has 2 N–H and O–H groups in total. The number of guanidine groups is 1. The van der Waals surface area contributed by atoms with Crippen LogP contribution in [0.2, 0.25) is 0 Å². The van der Waals surface area contributed by atoms with Gasteiger partial charge in [-0.1, -0.05) is 30.7 Å². The minimum atomic E-state index is 0.152. The number of nitrogens with zero attached hydrogens (tertiary/aromatic N) is 3. The molecule has 2 saturated heterocycles. The Labute approximate surface area is 182 Å². The summed E-state index contributed by atoms with van der Waals surface area (Å²) in [5, 5.41) is 6.22. The van der Waals surface area contributed by atoms with Crippen molar-refractivity contribution in [1.29, 1.82) is 0 Å². The first kappa shape index (κ1) is 22.6. The van der Waals surface area contributed by atoms with Crippen molar-refractivity contribution in [3.63, 3.8) is 0 Å². The van der Waals surface area contributed by atoms with Crippen LogP contribution in [-0.4, -0.2) is 61.4 Å². The van der Waals surface area contributed by atoms with Crippen LogP contribution >= 0.6 is 0 Å². The summed E-state index contributed by atoms with van der Waals surface area (Å²) in [4.78, 5) is 21.6. The number of benzene rings is 1. The Morgan fingerprint density at radius 3 is 2.43 bits per heavy atom. The molecule has 0 spiro atoms. The second kappa shape index (κ2) is 11.9. The third kappa shape index (κ3) is 6.73. The van der Waals surface area contributed by atoms with Crippen LogP contribution in [0.15, 0.2) is 29.3 Å². The first-order chi connectivity index (χ1) is 14.7. The molecule has 0 unspecified atom stereocenters. The lowest BCUT2D eigenvalue weighted by atomic mass is 9.93. The average molecular weight is 414 g/mol. The number of nitrogens with one attached hydrogen (secondary N) is 2. The predicted molar refractivity (Wildman–Crippen MR) is 123 cm³/mol. The van der Waals surface area contributed by atoms with Gasteiger partial charge in [0.2, 0.25) is 5.91 Å². The van der Waals surface area contributed by atoms with Gasteiger partial charge in [-0.05, 0) is 62.7 Å². The fourth-order valence-electron chi connectivity index (χ4n) is 4.52. The third-order valence-corrected chi connectivity index (χ3v) is 6.36. The average Bonchev–Trinajstić information content (AvgIpc) is 2.79. The SMILES string of the molecule is CCNC(=NCc1ccccc1CN1CCCCC1)N1CCC(CC(=O)NC)CC1. The molecule has 0 aromatic heterocycles. The van der Waals surface area contributed by atoms with Crippen LogP contribution in [0.4, 0.5) is 0 Å². The molecule has 6 nitrogen and oxygen atoms in total. The van der Waals surface area contributed by atoms with E-state index < -0.39 is 0 Å². The molecule has 0 bridgehead atoms. The van der Waals surface area contributed by atoms with Crippen molar-refractivity contribution in [3.05, 3.63) is 35.4 Å². The van der Waals surface area contributed by atoms with Crippen LogP contribution in [0.3, 0.4) is 0 Å². The van der Waals surface area contributed by atoms with E-state index >= 15 is 0 Å². The molecule has 2 aliphatic heterocycles. The lowest BCUT2D eigenvalue weighted by Gasteiger charge is -2.34. The number of hydrogen-bond acceptors (Lipinski definition) is 3. The zero-order valence-electron chi connectivity index (χ0n) is 18.8. The van der Waals surface area contributed by atoms with E-state index in [1.807, 2.05) is 0 Å². The van der Waals surface area contributed by atoms with Gasteiger partial charge in [-0.2, -0.15) is 0 Å². The first-order valence-electron chi connectivity index (χ1n) is 11.7. The Morgan fingerprint density at radius 1 is 1.07 bits per heavy atom. The van der Waals surface area contributed by atoms with Crippen LogP contribution in [0.25, 0.3) is 0 Å². The zero-order valence-corrected chi connectivity index (χ0v) is 18.8. The second-order valence-electron chi connectivity index (χ2n) is 8.58. The van der Waals surface area contributed by atoms with Crippen molar-refractivity contribution < 1.29 is 4.79 Å². The summed E-state index contributed by atoms with van der Waals surface area (Å²) in [6, 6.07) is 8.76. The third-order valence-electron chi connectivity index (χ3n) is 6.36. The largest absolute Gasteiger partial charge is 0.359 e. The summed E-state index contributed by atoms with van der Waals surface area (Å²) < 4.78 is 0. The van der Waals surface area contributed by atoms with Gasteiger partial charge in [0.25, 0.3) is 0 Å². The first-order valence-corrected chi connectivity index (χ1v) is 11.7. The number of likely N-dealkylation sites (tertiary alicyclic amines) is 2. The molecule has 2 heterocycles. The van der Waals surface area contributed by atoms with E-state index in [9.17, 15) is 4.79 Å². The van der Waals surface area contributed by atoms with Crippen LogP contribution in [0.5, 0.6) is 0 Å². The molecular formula is C24H39N5O. The second-order valence-corrected chi connectivity index (χ2v) is 8.58. The zero-order chi connectivity index (χ0) is 21.2. The van der Waals surface area contributed by atoms with E-state index in [0.29, 0.717) is 18.9 Å². The summed E-state index contributed by atoms with van der Waals surface area (Å²) >= 11 is 0. The summed E-state index contributed by atoms with van der Waals surface area (Å²) in [5.74, 6) is 1.64. The minimum Gasteiger partial charge on any atom is -0.359 e. The Kier molecular flexibility index (Phi) is 9.00. The van der Waals surface area contributed by atoms with Crippen molar-refractivity contribution in [2.24, 2.45) is 10.9 Å². The molecule has 2 aliphatic rings. The number of amides is 1. The van der Waals surface area contributed by atoms with Crippen molar-refractivity contribution in [2.45, 2.75) is 58.5 Å². The van der Waals surface area contributed by atoms with Gasteiger partial charge in [0.1, 0.15) is 0 Å². The Hall–Kier alpha value is -2.08. The van der Waals surface area contributed by atoms with Crippen LogP contribution in [0, 0.1) is 5.92 Å². The lowest BCUT2D eigenvalue weighted by Crippen LogP contribution is -2.46. The lowest BCUT2D eigenvalue weighted by molar-refractivity contribution is -0.121. The summed E-state index contributed by atoms with van der Waals surface area (Å²) in [6.45, 7) is 9.09. The summed E-state index contributed by atoms with van der Waals surface area (Å²) in [5.41, 5.74) is 2.73. The summed E-state index contributed by atoms with van der Waals surface area (Å²) in [7, 11) is 1.72. The molecule has 1 aromatic rings. The van der Waals surface area contributed by atoms with Crippen molar-refractivity contribution in [2.75, 3.05) is 39.8 Å². The van der Waals surface area contributed by atoms with Gasteiger partial charge in [-0.15, -0.1) is 0 Å². The van der Waals surface area contributed by atoms with Gasteiger partial charge < -0.3 is 15.5 Å². The van der Waals surface area contributed by atoms with Gasteiger partial charge in [-0.3, -0.25) is 9.69 Å². The molecule has 3 rings (SSSR count). The number of aliphatic imine (C=N–C) groups is 1. The monoisotopic (exact) mass is 413 g/mol. The number of carbonyl (C=O) groups excluding carboxylic acids is 1. The quantitative estimate of drug-likeness (QED) is 0.533. The molecule has 2 fully saturated rings. The van der Waals surface area contributed by atoms with E-state index in [4.69, 9.17) is 4.99 Å². The van der Waals surface area contributed by atoms with Crippen LogP contribution in [-0.2, 0) is 17.9 Å². The predicted octanol–water partition coefficient (Wildman–Crippen LogP) is 2.99. The highest BCUT2D eigenvalue weighted by molar-refractivity contribution is 5.80. The highest BCUT2D eigenvalue weighted by Crippen LogP contribution is 2.21. The number of carbonyl (C=O) groups is 1. The molecule has 6 heteroatoms. The van der Waals surface area contributed by atoms with E-state index in [1.54, 1.807) is 7.05 Å². The maximum atomic E-state index is 11.7. The van der Waals surface area contributed by atoms with E-state index in [2.05, 4.69) is 51.6 Å². The van der Waals surface area contributed by atoms with Gasteiger partial charge >= 0.3 is 0 Å². The highest BCUT2D eigenvalue weighted by Gasteiger charge is 2.23. The minimum absolute atomic E-state index is 0.152. The smallest absolute Gasteiger partial charge is 0.220 e. The number of hydrogen-bond donors (Lipinski definition) is 2. The van der Waals surface area contributed by atoms with E-state index in [1.165, 1.54) is 43.5 Å². The van der Waals surface area contributed by atoms with Gasteiger partial charge in [0.15, 0.2) is 5.96 Å². The highest BCUT2D eigenvalue weighted by atomic mass is 16.1. The van der Waals surface area contributed by atoms with Crippen molar-refractivity contribution >= 4 is 11.9 Å². The van der Waals surface area contributed by atoms with Gasteiger partial charge in [0, 0.05) is 39.6 Å². The van der Waals surface area contributed by atoms with Crippen LogP contribution in [0.1, 0.15) is 56.6 Å². The Morgan fingerprint density at radius 2 is 1.77 bits per heavy atom. The topological polar surface area (TPSA) is 60.0 Å². The molecule has 1 aromatic carbocycles. The number of piperidine rings is 2. The molecule has 1 amide bonds. The molecule has 166 valence electrons. The van der Waals surface area contributed by atoms with Crippen molar-refractivity contribution in [3.8, 4) is 0 Å². The Bertz CT molecular complexity index is 691. The fraction of sp³-hybridized carbons (Fsp3) is 0.667. The van der Waals surface area contributed by atoms with Gasteiger partial charge in [-0.25, -0.2) is 4.99 Å². The van der Waals surface area contributed by atoms with Gasteiger partial charge in [0.05, 0.1) is 6.54 Å². The molecule has 0 saturated carbocycles. The van der Waals surface area contributed by atoms with Crippen LogP contribution < -0.4 is 10.6 Å². The normalized spacial score (nSPS) is 19.0. The summed E-state index contributed by atoms with van der Waals surface area (Å²) in [6.07, 6.45) is 6.74. The molecular weight excluding hydrogens is 374 g/mol. The van der Waals surface area contributed by atoms with Crippen molar-refractivity contribution in [1.82, 2.24) is 20.4 Å². The van der Waals surface area contributed by atoms with E-state index in [-0.39, 0.29) is 5.91 Å². The maximum absolute atomic E-state index is 11.7. The molecule has 0 radical (unpaired) electrons. The molecule has 0 atom stereocenters. The number of rotatable bonds is 7. The van der Waals surface area contributed by atoms with E-state index in [0.717, 1.165) is 45.0 Å². The fourth-order valence-corrected chi connectivity index (χ4v) is 4.52. The molecule has 30 heavy (non-hydrogen) atoms. The standard InChI is InChI=1S/C24H39N5O/c1-3-26-24(29-15-11-20(12-16-29)17-23(30)25-2)27-18-21-9-5-6-10-22(21)19-28-13-7-4-8-14-28/h5-6,9-10,20H,3-4,7-8,11-19H2,1-2H3,(H,25,30)(H,26,27). The maximum Gasteiger partial charge on any atom is 0.220 e. The Balaban J connectivity index is 1.60. The molecule has 0 aliphatic carbocycles.